The normalized spacial score (nSPS) is 10.9. The second kappa shape index (κ2) is 2.59. The summed E-state index contributed by atoms with van der Waals surface area (Å²) >= 11 is 3.45. The van der Waals surface area contributed by atoms with Crippen molar-refractivity contribution in [2.45, 2.75) is 6.92 Å². The van der Waals surface area contributed by atoms with Gasteiger partial charge in [-0.15, -0.1) is 4.68 Å². The second-order valence-electron chi connectivity index (χ2n) is 2.95. The Morgan fingerprint density at radius 2 is 2.17 bits per heavy atom. The number of H-pyrrole nitrogens is 1. The first-order valence-electron chi connectivity index (χ1n) is 3.82. The average molecular weight is 226 g/mol. The zero-order chi connectivity index (χ0) is 8.72. The topological polar surface area (TPSA) is 19.7 Å². The Bertz CT molecular complexity index is 431. The van der Waals surface area contributed by atoms with Crippen LogP contribution >= 0.6 is 15.9 Å². The highest BCUT2D eigenvalue weighted by Gasteiger charge is 2.10. The number of rotatable bonds is 0. The van der Waals surface area contributed by atoms with E-state index in [-0.39, 0.29) is 0 Å². The van der Waals surface area contributed by atoms with Gasteiger partial charge in [0.05, 0.1) is 5.39 Å². The van der Waals surface area contributed by atoms with E-state index in [1.54, 1.807) is 0 Å². The molecule has 2 rings (SSSR count). The van der Waals surface area contributed by atoms with Gasteiger partial charge in [0.15, 0.2) is 7.05 Å². The highest BCUT2D eigenvalue weighted by atomic mass is 79.9. The molecule has 12 heavy (non-hydrogen) atoms. The molecule has 0 aliphatic rings. The molecule has 0 saturated heterocycles. The number of fused-ring (bicyclic) bond motifs is 1. The van der Waals surface area contributed by atoms with Crippen molar-refractivity contribution in [2.75, 3.05) is 0 Å². The zero-order valence-electron chi connectivity index (χ0n) is 7.06. The van der Waals surface area contributed by atoms with Crippen LogP contribution in [0.4, 0.5) is 0 Å². The van der Waals surface area contributed by atoms with E-state index in [0.29, 0.717) is 0 Å². The number of hydrogen-bond donors (Lipinski definition) is 1. The molecular formula is C9H10BrN2+. The molecule has 0 radical (unpaired) electrons. The minimum absolute atomic E-state index is 1.12. The predicted molar refractivity (Wildman–Crippen MR) is 51.9 cm³/mol. The molecule has 62 valence electrons. The summed E-state index contributed by atoms with van der Waals surface area (Å²) in [6, 6.07) is 6.24. The van der Waals surface area contributed by atoms with Gasteiger partial charge < -0.3 is 0 Å². The van der Waals surface area contributed by atoms with Crippen LogP contribution in [0.15, 0.2) is 22.7 Å². The van der Waals surface area contributed by atoms with E-state index >= 15 is 0 Å². The van der Waals surface area contributed by atoms with Gasteiger partial charge in [-0.1, -0.05) is 15.9 Å². The number of nitrogens with zero attached hydrogens (tertiary/aromatic N) is 1. The minimum Gasteiger partial charge on any atom is -0.165 e. The highest BCUT2D eigenvalue weighted by molar-refractivity contribution is 9.10. The van der Waals surface area contributed by atoms with Gasteiger partial charge in [-0.3, -0.25) is 0 Å². The van der Waals surface area contributed by atoms with Crippen molar-refractivity contribution in [1.29, 1.82) is 0 Å². The zero-order valence-corrected chi connectivity index (χ0v) is 8.64. The number of nitrogens with one attached hydrogen (secondary N) is 1. The molecule has 0 amide bonds. The van der Waals surface area contributed by atoms with Crippen molar-refractivity contribution in [1.82, 2.24) is 5.10 Å². The highest BCUT2D eigenvalue weighted by Crippen LogP contribution is 2.19. The van der Waals surface area contributed by atoms with Gasteiger partial charge in [-0.25, -0.2) is 0 Å². The fourth-order valence-electron chi connectivity index (χ4n) is 1.36. The maximum atomic E-state index is 3.45. The third-order valence-electron chi connectivity index (χ3n) is 2.16. The number of aromatic nitrogens is 2. The molecule has 2 aromatic rings. The maximum absolute atomic E-state index is 3.45. The second-order valence-corrected chi connectivity index (χ2v) is 3.86. The van der Waals surface area contributed by atoms with E-state index in [9.17, 15) is 0 Å². The van der Waals surface area contributed by atoms with Gasteiger partial charge in [0.1, 0.15) is 5.52 Å². The average Bonchev–Trinajstić information content (AvgIpc) is 2.31. The fourth-order valence-corrected chi connectivity index (χ4v) is 1.72. The van der Waals surface area contributed by atoms with Crippen LogP contribution in [0.25, 0.3) is 10.9 Å². The molecule has 1 heterocycles. The van der Waals surface area contributed by atoms with Gasteiger partial charge in [0, 0.05) is 11.4 Å². The molecule has 0 aliphatic heterocycles. The first-order valence-corrected chi connectivity index (χ1v) is 4.61. The SMILES string of the molecule is Cc1c2cc(Br)ccc2[nH][n+]1C. The Balaban J connectivity index is 2.88. The molecular weight excluding hydrogens is 216 g/mol. The molecule has 0 aliphatic carbocycles. The Morgan fingerprint density at radius 3 is 2.92 bits per heavy atom. The molecule has 1 aromatic heterocycles. The summed E-state index contributed by atoms with van der Waals surface area (Å²) in [6.45, 7) is 2.10. The van der Waals surface area contributed by atoms with Gasteiger partial charge in [-0.05, 0) is 18.2 Å². The van der Waals surface area contributed by atoms with E-state index in [2.05, 4.69) is 40.1 Å². The van der Waals surface area contributed by atoms with Crippen molar-refractivity contribution in [3.63, 3.8) is 0 Å². The van der Waals surface area contributed by atoms with E-state index in [1.165, 1.54) is 16.6 Å². The lowest BCUT2D eigenvalue weighted by Crippen LogP contribution is -2.32. The van der Waals surface area contributed by atoms with Gasteiger partial charge >= 0.3 is 0 Å². The van der Waals surface area contributed by atoms with Crippen LogP contribution in [0.2, 0.25) is 0 Å². The van der Waals surface area contributed by atoms with E-state index in [0.717, 1.165) is 4.47 Å². The Hall–Kier alpha value is -0.830. The van der Waals surface area contributed by atoms with Crippen LogP contribution in [0, 0.1) is 6.92 Å². The molecule has 3 heteroatoms. The van der Waals surface area contributed by atoms with Crippen LogP contribution in [-0.4, -0.2) is 5.10 Å². The Labute approximate surface area is 79.3 Å². The molecule has 0 spiro atoms. The van der Waals surface area contributed by atoms with Crippen molar-refractivity contribution in [3.05, 3.63) is 28.4 Å². The van der Waals surface area contributed by atoms with Gasteiger partial charge in [0.2, 0.25) is 5.69 Å². The molecule has 0 saturated carbocycles. The van der Waals surface area contributed by atoms with E-state index in [4.69, 9.17) is 0 Å². The number of hydrogen-bond acceptors (Lipinski definition) is 0. The third-order valence-corrected chi connectivity index (χ3v) is 2.66. The van der Waals surface area contributed by atoms with Crippen LogP contribution in [0.5, 0.6) is 0 Å². The Kier molecular flexibility index (Phi) is 1.68. The summed E-state index contributed by atoms with van der Waals surface area (Å²) in [5.74, 6) is 0. The smallest absolute Gasteiger partial charge is 0.165 e. The Morgan fingerprint density at radius 1 is 1.42 bits per heavy atom. The van der Waals surface area contributed by atoms with Gasteiger partial charge in [0.25, 0.3) is 0 Å². The molecule has 0 fully saturated rings. The number of aryl methyl sites for hydroxylation is 2. The molecule has 1 N–H and O–H groups in total. The lowest BCUT2D eigenvalue weighted by Gasteiger charge is -1.87. The quantitative estimate of drug-likeness (QED) is 0.663. The first kappa shape index (κ1) is 7.80. The molecule has 0 bridgehead atoms. The summed E-state index contributed by atoms with van der Waals surface area (Å²) in [5, 5.41) is 4.52. The number of halogens is 1. The largest absolute Gasteiger partial charge is 0.212 e. The van der Waals surface area contributed by atoms with Crippen molar-refractivity contribution >= 4 is 26.8 Å². The standard InChI is InChI=1S/C9H9BrN2/c1-6-8-5-7(10)3-4-9(8)11-12(6)2/h3-5H,1-2H3/p+1. The molecule has 1 aromatic carbocycles. The number of aromatic amines is 1. The fraction of sp³-hybridized carbons (Fsp3) is 0.222. The first-order chi connectivity index (χ1) is 5.68. The summed E-state index contributed by atoms with van der Waals surface area (Å²) in [5.41, 5.74) is 2.43. The third kappa shape index (κ3) is 1.05. The number of benzene rings is 1. The molecule has 0 unspecified atom stereocenters. The van der Waals surface area contributed by atoms with E-state index in [1.807, 2.05) is 17.8 Å². The lowest BCUT2D eigenvalue weighted by molar-refractivity contribution is -0.730. The van der Waals surface area contributed by atoms with Crippen LogP contribution in [0.1, 0.15) is 5.69 Å². The van der Waals surface area contributed by atoms with Crippen LogP contribution in [0.3, 0.4) is 0 Å². The monoisotopic (exact) mass is 225 g/mol. The van der Waals surface area contributed by atoms with Crippen molar-refractivity contribution in [3.8, 4) is 0 Å². The summed E-state index contributed by atoms with van der Waals surface area (Å²) in [6.07, 6.45) is 0. The lowest BCUT2D eigenvalue weighted by atomic mass is 10.2. The van der Waals surface area contributed by atoms with Gasteiger partial charge in [-0.2, -0.15) is 5.10 Å². The predicted octanol–water partition coefficient (Wildman–Crippen LogP) is 2.06. The summed E-state index contributed by atoms with van der Waals surface area (Å²) in [7, 11) is 2.02. The van der Waals surface area contributed by atoms with Crippen molar-refractivity contribution < 1.29 is 4.68 Å². The van der Waals surface area contributed by atoms with Crippen LogP contribution in [-0.2, 0) is 7.05 Å². The summed E-state index contributed by atoms with van der Waals surface area (Å²) < 4.78 is 3.15. The molecule has 0 atom stereocenters. The van der Waals surface area contributed by atoms with Crippen molar-refractivity contribution in [2.24, 2.45) is 7.05 Å². The maximum Gasteiger partial charge on any atom is 0.212 e. The van der Waals surface area contributed by atoms with Crippen LogP contribution < -0.4 is 4.68 Å². The molecule has 2 nitrogen and oxygen atoms in total. The minimum atomic E-state index is 1.12. The van der Waals surface area contributed by atoms with E-state index < -0.39 is 0 Å². The summed E-state index contributed by atoms with van der Waals surface area (Å²) in [4.78, 5) is 0.